The van der Waals surface area contributed by atoms with E-state index in [4.69, 9.17) is 23.5 Å². The lowest BCUT2D eigenvalue weighted by Gasteiger charge is -2.11. The Morgan fingerprint density at radius 3 is 2.31 bits per heavy atom. The van der Waals surface area contributed by atoms with Gasteiger partial charge in [0.05, 0.1) is 30.3 Å². The quantitative estimate of drug-likeness (QED) is 0.450. The van der Waals surface area contributed by atoms with Crippen LogP contribution in [0, 0.1) is 5.92 Å². The van der Waals surface area contributed by atoms with Crippen LogP contribution >= 0.6 is 0 Å². The number of benzene rings is 1. The van der Waals surface area contributed by atoms with Crippen LogP contribution in [0.5, 0.6) is 0 Å². The summed E-state index contributed by atoms with van der Waals surface area (Å²) in [6.45, 7) is 4.52. The molecule has 3 aromatic heterocycles. The molecule has 7 heteroatoms. The van der Waals surface area contributed by atoms with Gasteiger partial charge in [-0.3, -0.25) is 5.32 Å². The van der Waals surface area contributed by atoms with Crippen molar-refractivity contribution in [2.45, 2.75) is 20.3 Å². The van der Waals surface area contributed by atoms with Gasteiger partial charge in [-0.05, 0) is 48.7 Å². The maximum atomic E-state index is 12.2. The van der Waals surface area contributed by atoms with E-state index >= 15 is 0 Å². The number of carbonyl (C=O) groups is 1. The first-order valence-corrected chi connectivity index (χ1v) is 9.44. The van der Waals surface area contributed by atoms with Gasteiger partial charge >= 0.3 is 6.09 Å². The number of rotatable bonds is 6. The number of hydrogen-bond acceptors (Lipinski definition) is 6. The van der Waals surface area contributed by atoms with Crippen molar-refractivity contribution >= 4 is 22.8 Å². The molecule has 0 aliphatic carbocycles. The van der Waals surface area contributed by atoms with Crippen LogP contribution < -0.4 is 5.32 Å². The maximum absolute atomic E-state index is 12.2. The van der Waals surface area contributed by atoms with Crippen LogP contribution in [0.2, 0.25) is 0 Å². The molecular weight excluding hydrogens is 370 g/mol. The molecule has 0 fully saturated rings. The first kappa shape index (κ1) is 18.7. The van der Waals surface area contributed by atoms with Gasteiger partial charge in [0.1, 0.15) is 16.9 Å². The number of nitrogens with zero attached hydrogens (tertiary/aromatic N) is 2. The predicted molar refractivity (Wildman–Crippen MR) is 109 cm³/mol. The van der Waals surface area contributed by atoms with Gasteiger partial charge in [-0.25, -0.2) is 14.8 Å². The summed E-state index contributed by atoms with van der Waals surface area (Å²) in [5.74, 6) is 1.60. The number of carbonyl (C=O) groups excluding carboxylic acids is 1. The number of fused-ring (bicyclic) bond motifs is 1. The SMILES string of the molecule is CC(C)CCOC(=O)Nc1cccc2nc(-c3ccco3)c(-c3ccco3)nc12. The van der Waals surface area contributed by atoms with Gasteiger partial charge in [-0.2, -0.15) is 0 Å². The fourth-order valence-corrected chi connectivity index (χ4v) is 2.88. The van der Waals surface area contributed by atoms with Crippen LogP contribution in [0.15, 0.2) is 63.8 Å². The molecule has 4 rings (SSSR count). The number of aromatic nitrogens is 2. The lowest BCUT2D eigenvalue weighted by Crippen LogP contribution is -2.15. The van der Waals surface area contributed by atoms with Crippen LogP contribution in [0.1, 0.15) is 20.3 Å². The van der Waals surface area contributed by atoms with Crippen LogP contribution in [0.3, 0.4) is 0 Å². The van der Waals surface area contributed by atoms with Crippen molar-refractivity contribution < 1.29 is 18.4 Å². The first-order valence-electron chi connectivity index (χ1n) is 9.44. The van der Waals surface area contributed by atoms with Crippen LogP contribution in [0.25, 0.3) is 33.9 Å². The summed E-state index contributed by atoms with van der Waals surface area (Å²) < 4.78 is 16.3. The molecule has 0 spiro atoms. The minimum Gasteiger partial charge on any atom is -0.463 e. The van der Waals surface area contributed by atoms with E-state index in [1.807, 2.05) is 12.1 Å². The first-order chi connectivity index (χ1) is 14.1. The van der Waals surface area contributed by atoms with Crippen LogP contribution in [-0.4, -0.2) is 22.7 Å². The molecule has 0 saturated carbocycles. The average molecular weight is 391 g/mol. The zero-order chi connectivity index (χ0) is 20.2. The number of para-hydroxylation sites is 1. The molecule has 4 aromatic rings. The molecule has 1 aromatic carbocycles. The number of furan rings is 2. The molecule has 7 nitrogen and oxygen atoms in total. The number of amides is 1. The van der Waals surface area contributed by atoms with Gasteiger partial charge in [0.2, 0.25) is 0 Å². The summed E-state index contributed by atoms with van der Waals surface area (Å²) in [5.41, 5.74) is 2.76. The highest BCUT2D eigenvalue weighted by atomic mass is 16.5. The normalized spacial score (nSPS) is 11.1. The standard InChI is InChI=1S/C22H21N3O4/c1-14(2)10-13-29-22(26)24-16-7-3-6-15-19(16)25-21(18-9-5-12-28-18)20(23-15)17-8-4-11-27-17/h3-9,11-12,14H,10,13H2,1-2H3,(H,24,26). The summed E-state index contributed by atoms with van der Waals surface area (Å²) in [4.78, 5) is 21.7. The third-order valence-corrected chi connectivity index (χ3v) is 4.37. The minimum atomic E-state index is -0.519. The van der Waals surface area contributed by atoms with Crippen LogP contribution in [0.4, 0.5) is 10.5 Å². The molecule has 3 heterocycles. The summed E-state index contributed by atoms with van der Waals surface area (Å²) in [6, 6.07) is 12.6. The van der Waals surface area contributed by atoms with E-state index in [1.54, 1.807) is 42.9 Å². The van der Waals surface area contributed by atoms with Crippen molar-refractivity contribution in [1.82, 2.24) is 9.97 Å². The summed E-state index contributed by atoms with van der Waals surface area (Å²) >= 11 is 0. The summed E-state index contributed by atoms with van der Waals surface area (Å²) in [6.07, 6.45) is 3.44. The highest BCUT2D eigenvalue weighted by molar-refractivity contribution is 5.98. The predicted octanol–water partition coefficient (Wildman–Crippen LogP) is 5.74. The molecule has 0 saturated heterocycles. The molecule has 1 amide bonds. The maximum Gasteiger partial charge on any atom is 0.411 e. The Hall–Kier alpha value is -3.61. The molecule has 0 aliphatic heterocycles. The van der Waals surface area contributed by atoms with Crippen molar-refractivity contribution in [2.75, 3.05) is 11.9 Å². The molecule has 0 aliphatic rings. The fraction of sp³-hybridized carbons (Fsp3) is 0.227. The molecule has 0 bridgehead atoms. The highest BCUT2D eigenvalue weighted by Crippen LogP contribution is 2.33. The molecule has 1 N–H and O–H groups in total. The average Bonchev–Trinajstić information content (AvgIpc) is 3.41. The Morgan fingerprint density at radius 2 is 1.69 bits per heavy atom. The van der Waals surface area contributed by atoms with Crippen molar-refractivity contribution in [2.24, 2.45) is 5.92 Å². The highest BCUT2D eigenvalue weighted by Gasteiger charge is 2.19. The Morgan fingerprint density at radius 1 is 1.00 bits per heavy atom. The van der Waals surface area contributed by atoms with Gasteiger partial charge in [0.15, 0.2) is 11.5 Å². The Bertz CT molecular complexity index is 1100. The number of anilines is 1. The Labute approximate surface area is 167 Å². The lowest BCUT2D eigenvalue weighted by molar-refractivity contribution is 0.155. The molecule has 29 heavy (non-hydrogen) atoms. The van der Waals surface area contributed by atoms with E-state index in [0.29, 0.717) is 52.2 Å². The zero-order valence-electron chi connectivity index (χ0n) is 16.2. The smallest absolute Gasteiger partial charge is 0.411 e. The van der Waals surface area contributed by atoms with Gasteiger partial charge in [-0.15, -0.1) is 0 Å². The van der Waals surface area contributed by atoms with Crippen molar-refractivity contribution in [3.05, 3.63) is 55.0 Å². The summed E-state index contributed by atoms with van der Waals surface area (Å²) in [7, 11) is 0. The van der Waals surface area contributed by atoms with Crippen molar-refractivity contribution in [3.8, 4) is 22.9 Å². The van der Waals surface area contributed by atoms with E-state index in [1.165, 1.54) is 0 Å². The molecule has 0 atom stereocenters. The fourth-order valence-electron chi connectivity index (χ4n) is 2.88. The van der Waals surface area contributed by atoms with E-state index in [9.17, 15) is 4.79 Å². The second-order valence-electron chi connectivity index (χ2n) is 6.99. The Balaban J connectivity index is 1.72. The minimum absolute atomic E-state index is 0.361. The number of hydrogen-bond donors (Lipinski definition) is 1. The molecule has 0 unspecified atom stereocenters. The molecule has 0 radical (unpaired) electrons. The van der Waals surface area contributed by atoms with E-state index in [0.717, 1.165) is 6.42 Å². The molecule has 148 valence electrons. The molecular formula is C22H21N3O4. The second kappa shape index (κ2) is 8.18. The Kier molecular flexibility index (Phi) is 5.29. The van der Waals surface area contributed by atoms with Gasteiger partial charge in [0, 0.05) is 0 Å². The monoisotopic (exact) mass is 391 g/mol. The zero-order valence-corrected chi connectivity index (χ0v) is 16.2. The lowest BCUT2D eigenvalue weighted by atomic mass is 10.1. The largest absolute Gasteiger partial charge is 0.463 e. The van der Waals surface area contributed by atoms with Gasteiger partial charge in [0.25, 0.3) is 0 Å². The van der Waals surface area contributed by atoms with Crippen LogP contribution in [-0.2, 0) is 4.74 Å². The number of nitrogens with one attached hydrogen (secondary N) is 1. The van der Waals surface area contributed by atoms with Gasteiger partial charge < -0.3 is 13.6 Å². The second-order valence-corrected chi connectivity index (χ2v) is 6.99. The number of ether oxygens (including phenoxy) is 1. The van der Waals surface area contributed by atoms with Gasteiger partial charge in [-0.1, -0.05) is 19.9 Å². The third kappa shape index (κ3) is 4.13. The van der Waals surface area contributed by atoms with E-state index in [-0.39, 0.29) is 0 Å². The topological polar surface area (TPSA) is 90.4 Å². The third-order valence-electron chi connectivity index (χ3n) is 4.37. The van der Waals surface area contributed by atoms with Crippen molar-refractivity contribution in [1.29, 1.82) is 0 Å². The summed E-state index contributed by atoms with van der Waals surface area (Å²) in [5, 5.41) is 2.77. The van der Waals surface area contributed by atoms with E-state index in [2.05, 4.69) is 19.2 Å². The van der Waals surface area contributed by atoms with E-state index < -0.39 is 6.09 Å². The van der Waals surface area contributed by atoms with Crippen molar-refractivity contribution in [3.63, 3.8) is 0 Å².